The second-order valence-corrected chi connectivity index (χ2v) is 10.1. The van der Waals surface area contributed by atoms with Crippen LogP contribution in [-0.4, -0.2) is 28.4 Å². The third-order valence-corrected chi connectivity index (χ3v) is 7.86. The number of hydrogen-bond acceptors (Lipinski definition) is 5. The molecule has 23 heavy (non-hydrogen) atoms. The molecule has 0 unspecified atom stereocenters. The van der Waals surface area contributed by atoms with Crippen LogP contribution in [0.25, 0.3) is 0 Å². The maximum Gasteiger partial charge on any atom is 0.201 e. The quantitative estimate of drug-likeness (QED) is 0.698. The van der Waals surface area contributed by atoms with Crippen molar-refractivity contribution in [1.82, 2.24) is 0 Å². The number of ether oxygens (including phenoxy) is 2. The third-order valence-electron chi connectivity index (χ3n) is 6.50. The summed E-state index contributed by atoms with van der Waals surface area (Å²) in [6.07, 6.45) is 4.13. The van der Waals surface area contributed by atoms with Gasteiger partial charge >= 0.3 is 0 Å². The van der Waals surface area contributed by atoms with Crippen molar-refractivity contribution < 1.29 is 19.2 Å². The highest BCUT2D eigenvalue weighted by molar-refractivity contribution is 8.00. The van der Waals surface area contributed by atoms with Gasteiger partial charge in [0, 0.05) is 17.6 Å². The predicted octanol–water partition coefficient (Wildman–Crippen LogP) is 4.34. The molecule has 1 spiro atoms. The van der Waals surface area contributed by atoms with E-state index in [1.165, 1.54) is 12.8 Å². The zero-order valence-electron chi connectivity index (χ0n) is 14.9. The van der Waals surface area contributed by atoms with Crippen LogP contribution >= 0.6 is 11.8 Å². The molecule has 1 saturated carbocycles. The van der Waals surface area contributed by atoms with E-state index in [4.69, 9.17) is 19.2 Å². The fourth-order valence-electron chi connectivity index (χ4n) is 5.30. The SMILES string of the molecule is CC(C)S[C@@H]1O[C@@H]2O[C@@]3(C)CC[C@H]4[C@H](C)CC[C@@H]([C@H]1C)[C@@]24OO3. The Morgan fingerprint density at radius 1 is 1.04 bits per heavy atom. The molecule has 5 rings (SSSR count). The molecule has 5 heteroatoms. The maximum atomic E-state index is 6.50. The van der Waals surface area contributed by atoms with E-state index in [0.717, 1.165) is 12.8 Å². The first-order valence-corrected chi connectivity index (χ1v) is 10.2. The molecule has 1 aliphatic carbocycles. The van der Waals surface area contributed by atoms with Gasteiger partial charge in [0.15, 0.2) is 11.9 Å². The summed E-state index contributed by atoms with van der Waals surface area (Å²) < 4.78 is 12.9. The van der Waals surface area contributed by atoms with E-state index < -0.39 is 11.4 Å². The van der Waals surface area contributed by atoms with Gasteiger partial charge in [-0.1, -0.05) is 27.7 Å². The van der Waals surface area contributed by atoms with Crippen LogP contribution in [0, 0.1) is 23.7 Å². The first kappa shape index (κ1) is 16.6. The van der Waals surface area contributed by atoms with Crippen LogP contribution in [0.3, 0.4) is 0 Å². The van der Waals surface area contributed by atoms with E-state index in [1.54, 1.807) is 0 Å². The highest BCUT2D eigenvalue weighted by atomic mass is 32.2. The van der Waals surface area contributed by atoms with Crippen LogP contribution in [0.2, 0.25) is 0 Å². The zero-order chi connectivity index (χ0) is 16.4. The van der Waals surface area contributed by atoms with Gasteiger partial charge in [-0.3, -0.25) is 0 Å². The Hall–Kier alpha value is 0.190. The summed E-state index contributed by atoms with van der Waals surface area (Å²) in [5.41, 5.74) is -0.238. The largest absolute Gasteiger partial charge is 0.335 e. The molecule has 132 valence electrons. The normalized spacial score (nSPS) is 55.6. The van der Waals surface area contributed by atoms with Crippen LogP contribution in [0.1, 0.15) is 60.3 Å². The average Bonchev–Trinajstić information content (AvgIpc) is 2.70. The van der Waals surface area contributed by atoms with Crippen molar-refractivity contribution in [3.63, 3.8) is 0 Å². The molecule has 0 aromatic rings. The van der Waals surface area contributed by atoms with Gasteiger partial charge in [0.1, 0.15) is 5.44 Å². The molecule has 8 atom stereocenters. The zero-order valence-corrected chi connectivity index (χ0v) is 15.7. The van der Waals surface area contributed by atoms with E-state index in [9.17, 15) is 0 Å². The highest BCUT2D eigenvalue weighted by Gasteiger charge is 2.69. The first-order chi connectivity index (χ1) is 10.9. The Balaban J connectivity index is 1.73. The summed E-state index contributed by atoms with van der Waals surface area (Å²) in [5, 5.41) is 0.547. The Morgan fingerprint density at radius 3 is 2.57 bits per heavy atom. The van der Waals surface area contributed by atoms with Gasteiger partial charge in [-0.05, 0) is 43.9 Å². The van der Waals surface area contributed by atoms with Gasteiger partial charge in [-0.15, -0.1) is 11.8 Å². The van der Waals surface area contributed by atoms with Crippen molar-refractivity contribution in [3.8, 4) is 0 Å². The van der Waals surface area contributed by atoms with Gasteiger partial charge in [-0.2, -0.15) is 0 Å². The standard InChI is InChI=1S/C18H30O4S/c1-10(2)23-15-12(4)14-7-6-11(3)13-8-9-17(5)20-16(19-15)18(13,14)22-21-17/h10-16H,6-9H2,1-5H3/t11-,12-,13+,14+,15+,16-,17-,18-/m1/s1. The molecular weight excluding hydrogens is 312 g/mol. The summed E-state index contributed by atoms with van der Waals surface area (Å²) in [4.78, 5) is 12.0. The second kappa shape index (κ2) is 5.60. The lowest BCUT2D eigenvalue weighted by atomic mass is 9.58. The second-order valence-electron chi connectivity index (χ2n) is 8.46. The van der Waals surface area contributed by atoms with Crippen molar-refractivity contribution in [2.75, 3.05) is 0 Å². The fraction of sp³-hybridized carbons (Fsp3) is 1.00. The molecule has 4 saturated heterocycles. The van der Waals surface area contributed by atoms with Crippen molar-refractivity contribution in [2.24, 2.45) is 23.7 Å². The van der Waals surface area contributed by atoms with Crippen LogP contribution < -0.4 is 0 Å². The fourth-order valence-corrected chi connectivity index (χ4v) is 6.43. The minimum atomic E-state index is -0.662. The monoisotopic (exact) mass is 342 g/mol. The molecule has 4 heterocycles. The number of hydrogen-bond donors (Lipinski definition) is 0. The Bertz CT molecular complexity index is 472. The Labute approximate surface area is 143 Å². The summed E-state index contributed by atoms with van der Waals surface area (Å²) in [5.74, 6) is 1.32. The van der Waals surface area contributed by atoms with E-state index >= 15 is 0 Å². The molecule has 5 fully saturated rings. The number of fused-ring (bicyclic) bond motifs is 2. The van der Waals surface area contributed by atoms with Crippen LogP contribution in [0.5, 0.6) is 0 Å². The van der Waals surface area contributed by atoms with E-state index in [-0.39, 0.29) is 11.7 Å². The molecular formula is C18H30O4S. The number of rotatable bonds is 2. The molecule has 4 nitrogen and oxygen atoms in total. The summed E-state index contributed by atoms with van der Waals surface area (Å²) in [7, 11) is 0. The van der Waals surface area contributed by atoms with E-state index in [1.807, 2.05) is 18.7 Å². The molecule has 0 N–H and O–H groups in total. The lowest BCUT2D eigenvalue weighted by Crippen LogP contribution is -2.70. The van der Waals surface area contributed by atoms with Crippen molar-refractivity contribution in [3.05, 3.63) is 0 Å². The predicted molar refractivity (Wildman–Crippen MR) is 89.6 cm³/mol. The smallest absolute Gasteiger partial charge is 0.201 e. The molecule has 2 bridgehead atoms. The van der Waals surface area contributed by atoms with Crippen LogP contribution in [0.15, 0.2) is 0 Å². The topological polar surface area (TPSA) is 36.9 Å². The van der Waals surface area contributed by atoms with Gasteiger partial charge in [0.05, 0.1) is 0 Å². The molecule has 0 aromatic heterocycles. The average molecular weight is 343 g/mol. The van der Waals surface area contributed by atoms with Crippen LogP contribution in [-0.2, 0) is 19.2 Å². The van der Waals surface area contributed by atoms with Crippen molar-refractivity contribution >= 4 is 11.8 Å². The third kappa shape index (κ3) is 2.42. The molecule has 0 amide bonds. The summed E-state index contributed by atoms with van der Waals surface area (Å²) in [6.45, 7) is 11.1. The van der Waals surface area contributed by atoms with Gasteiger partial charge in [0.2, 0.25) is 5.79 Å². The van der Waals surface area contributed by atoms with Gasteiger partial charge in [-0.25, -0.2) is 9.78 Å². The van der Waals surface area contributed by atoms with Crippen molar-refractivity contribution in [1.29, 1.82) is 0 Å². The molecule has 0 radical (unpaired) electrons. The first-order valence-electron chi connectivity index (χ1n) is 9.21. The highest BCUT2D eigenvalue weighted by Crippen LogP contribution is 2.61. The number of thioether (sulfide) groups is 1. The van der Waals surface area contributed by atoms with Crippen molar-refractivity contribution in [2.45, 2.75) is 88.7 Å². The van der Waals surface area contributed by atoms with Crippen LogP contribution in [0.4, 0.5) is 0 Å². The van der Waals surface area contributed by atoms with Gasteiger partial charge < -0.3 is 9.47 Å². The molecule has 0 aromatic carbocycles. The lowest BCUT2D eigenvalue weighted by Gasteiger charge is -2.60. The Morgan fingerprint density at radius 2 is 1.83 bits per heavy atom. The molecule has 4 aliphatic heterocycles. The summed E-state index contributed by atoms with van der Waals surface area (Å²) >= 11 is 1.92. The molecule has 5 aliphatic rings. The minimum Gasteiger partial charge on any atom is -0.335 e. The minimum absolute atomic E-state index is 0.177. The maximum absolute atomic E-state index is 6.50. The van der Waals surface area contributed by atoms with Gasteiger partial charge in [0.25, 0.3) is 0 Å². The Kier molecular flexibility index (Phi) is 4.05. The lowest BCUT2D eigenvalue weighted by molar-refractivity contribution is -0.568. The summed E-state index contributed by atoms with van der Waals surface area (Å²) in [6, 6.07) is 0. The van der Waals surface area contributed by atoms with E-state index in [0.29, 0.717) is 28.9 Å². The van der Waals surface area contributed by atoms with E-state index in [2.05, 4.69) is 27.7 Å².